The molecule has 3 N–H and O–H groups in total. The summed E-state index contributed by atoms with van der Waals surface area (Å²) in [5.74, 6) is 0.753. The summed E-state index contributed by atoms with van der Waals surface area (Å²) in [7, 11) is 0. The van der Waals surface area contributed by atoms with Crippen molar-refractivity contribution in [3.8, 4) is 5.75 Å². The zero-order valence-corrected chi connectivity index (χ0v) is 11.8. The Labute approximate surface area is 124 Å². The number of pyridine rings is 1. The second kappa shape index (κ2) is 7.89. The molecule has 1 aromatic carbocycles. The highest BCUT2D eigenvalue weighted by Crippen LogP contribution is 2.14. The average Bonchev–Trinajstić information content (AvgIpc) is 2.48. The Kier molecular flexibility index (Phi) is 5.58. The normalized spacial score (nSPS) is 10.1. The third-order valence-corrected chi connectivity index (χ3v) is 2.88. The van der Waals surface area contributed by atoms with Crippen LogP contribution in [0.4, 0.5) is 5.69 Å². The average molecular weight is 285 g/mol. The molecule has 0 bridgehead atoms. The lowest BCUT2D eigenvalue weighted by atomic mass is 10.2. The minimum absolute atomic E-state index is 0.00477. The smallest absolute Gasteiger partial charge is 0.224 e. The Morgan fingerprint density at radius 2 is 2.05 bits per heavy atom. The van der Waals surface area contributed by atoms with Crippen molar-refractivity contribution in [3.05, 3.63) is 54.4 Å². The number of nitrogen functional groups attached to an aromatic ring is 1. The van der Waals surface area contributed by atoms with E-state index in [-0.39, 0.29) is 5.91 Å². The molecule has 21 heavy (non-hydrogen) atoms. The summed E-state index contributed by atoms with van der Waals surface area (Å²) in [6.45, 7) is 1.13. The zero-order chi connectivity index (χ0) is 14.9. The molecule has 1 amide bonds. The van der Waals surface area contributed by atoms with Crippen LogP contribution in [-0.4, -0.2) is 24.0 Å². The van der Waals surface area contributed by atoms with Gasteiger partial charge in [-0.25, -0.2) is 0 Å². The van der Waals surface area contributed by atoms with Crippen molar-refractivity contribution in [3.63, 3.8) is 0 Å². The Bertz CT molecular complexity index is 573. The predicted octanol–water partition coefficient (Wildman–Crippen LogP) is 1.79. The molecule has 0 radical (unpaired) electrons. The number of aromatic nitrogens is 1. The monoisotopic (exact) mass is 285 g/mol. The number of carbonyl (C=O) groups is 1. The van der Waals surface area contributed by atoms with E-state index in [0.717, 1.165) is 17.7 Å². The van der Waals surface area contributed by atoms with E-state index in [1.165, 1.54) is 0 Å². The fourth-order valence-corrected chi connectivity index (χ4v) is 1.84. The van der Waals surface area contributed by atoms with Gasteiger partial charge in [-0.3, -0.25) is 9.78 Å². The van der Waals surface area contributed by atoms with Crippen molar-refractivity contribution in [1.29, 1.82) is 0 Å². The molecule has 5 nitrogen and oxygen atoms in total. The lowest BCUT2D eigenvalue weighted by Crippen LogP contribution is -2.27. The second-order valence-electron chi connectivity index (χ2n) is 4.66. The van der Waals surface area contributed by atoms with Gasteiger partial charge in [0.25, 0.3) is 0 Å². The first-order chi connectivity index (χ1) is 10.2. The van der Waals surface area contributed by atoms with Gasteiger partial charge in [0, 0.05) is 30.7 Å². The molecule has 0 saturated carbocycles. The van der Waals surface area contributed by atoms with Gasteiger partial charge >= 0.3 is 0 Å². The first kappa shape index (κ1) is 14.8. The molecule has 0 aliphatic heterocycles. The fraction of sp³-hybridized carbons (Fsp3) is 0.250. The van der Waals surface area contributed by atoms with Crippen LogP contribution in [0.5, 0.6) is 5.75 Å². The number of amides is 1. The third-order valence-electron chi connectivity index (χ3n) is 2.88. The van der Waals surface area contributed by atoms with E-state index < -0.39 is 0 Å². The predicted molar refractivity (Wildman–Crippen MR) is 81.9 cm³/mol. The quantitative estimate of drug-likeness (QED) is 0.600. The number of benzene rings is 1. The van der Waals surface area contributed by atoms with Crippen LogP contribution in [0.2, 0.25) is 0 Å². The number of nitrogens with zero attached hydrogens (tertiary/aromatic N) is 1. The highest BCUT2D eigenvalue weighted by atomic mass is 16.5. The summed E-state index contributed by atoms with van der Waals surface area (Å²) in [5, 5.41) is 2.86. The van der Waals surface area contributed by atoms with Gasteiger partial charge < -0.3 is 15.8 Å². The molecule has 0 fully saturated rings. The highest BCUT2D eigenvalue weighted by molar-refractivity contribution is 5.78. The summed E-state index contributed by atoms with van der Waals surface area (Å²) >= 11 is 0. The van der Waals surface area contributed by atoms with E-state index in [9.17, 15) is 4.79 Å². The topological polar surface area (TPSA) is 77.2 Å². The van der Waals surface area contributed by atoms with E-state index in [1.54, 1.807) is 18.5 Å². The van der Waals surface area contributed by atoms with E-state index in [4.69, 9.17) is 10.5 Å². The third kappa shape index (κ3) is 5.52. The Morgan fingerprint density at radius 3 is 2.81 bits per heavy atom. The molecular formula is C16H19N3O2. The maximum absolute atomic E-state index is 11.7. The zero-order valence-electron chi connectivity index (χ0n) is 11.8. The van der Waals surface area contributed by atoms with E-state index in [2.05, 4.69) is 10.3 Å². The molecule has 1 heterocycles. The molecule has 0 atom stereocenters. The Balaban J connectivity index is 1.60. The minimum atomic E-state index is 0.00477. The van der Waals surface area contributed by atoms with Crippen molar-refractivity contribution >= 4 is 11.6 Å². The van der Waals surface area contributed by atoms with Gasteiger partial charge in [-0.1, -0.05) is 6.07 Å². The maximum Gasteiger partial charge on any atom is 0.224 e. The summed E-state index contributed by atoms with van der Waals surface area (Å²) < 4.78 is 5.55. The number of rotatable bonds is 7. The molecular weight excluding hydrogens is 266 g/mol. The van der Waals surface area contributed by atoms with Gasteiger partial charge in [-0.05, 0) is 36.2 Å². The Morgan fingerprint density at radius 1 is 1.24 bits per heavy atom. The Hall–Kier alpha value is -2.56. The van der Waals surface area contributed by atoms with Crippen LogP contribution >= 0.6 is 0 Å². The maximum atomic E-state index is 11.7. The van der Waals surface area contributed by atoms with Crippen molar-refractivity contribution in [1.82, 2.24) is 10.3 Å². The van der Waals surface area contributed by atoms with E-state index in [0.29, 0.717) is 25.3 Å². The van der Waals surface area contributed by atoms with Gasteiger partial charge in [0.2, 0.25) is 5.91 Å². The van der Waals surface area contributed by atoms with Crippen molar-refractivity contribution < 1.29 is 9.53 Å². The SMILES string of the molecule is Nc1cccc(OCCCNC(=O)Cc2ccncc2)c1. The van der Waals surface area contributed by atoms with E-state index >= 15 is 0 Å². The van der Waals surface area contributed by atoms with Crippen molar-refractivity contribution in [2.45, 2.75) is 12.8 Å². The van der Waals surface area contributed by atoms with Gasteiger partial charge in [0.15, 0.2) is 0 Å². The highest BCUT2D eigenvalue weighted by Gasteiger charge is 2.02. The van der Waals surface area contributed by atoms with Gasteiger partial charge in [0.1, 0.15) is 5.75 Å². The molecule has 0 saturated heterocycles. The summed E-state index contributed by atoms with van der Waals surface area (Å²) in [5.41, 5.74) is 7.30. The largest absolute Gasteiger partial charge is 0.493 e. The molecule has 1 aromatic heterocycles. The lowest BCUT2D eigenvalue weighted by molar-refractivity contribution is -0.120. The van der Waals surface area contributed by atoms with Crippen LogP contribution < -0.4 is 15.8 Å². The number of nitrogens with one attached hydrogen (secondary N) is 1. The van der Waals surface area contributed by atoms with Crippen molar-refractivity contribution in [2.24, 2.45) is 0 Å². The minimum Gasteiger partial charge on any atom is -0.493 e. The van der Waals surface area contributed by atoms with Crippen LogP contribution in [0.3, 0.4) is 0 Å². The standard InChI is InChI=1S/C16H19N3O2/c17-14-3-1-4-15(12-14)21-10-2-7-19-16(20)11-13-5-8-18-9-6-13/h1,3-6,8-9,12H,2,7,10-11,17H2,(H,19,20). The molecule has 0 unspecified atom stereocenters. The molecule has 2 rings (SSSR count). The summed E-state index contributed by atoms with van der Waals surface area (Å²) in [6.07, 6.45) is 4.49. The summed E-state index contributed by atoms with van der Waals surface area (Å²) in [6, 6.07) is 11.0. The fourth-order valence-electron chi connectivity index (χ4n) is 1.84. The molecule has 0 aliphatic carbocycles. The first-order valence-electron chi connectivity index (χ1n) is 6.88. The van der Waals surface area contributed by atoms with Crippen molar-refractivity contribution in [2.75, 3.05) is 18.9 Å². The number of carbonyl (C=O) groups excluding carboxylic acids is 1. The molecule has 5 heteroatoms. The van der Waals surface area contributed by atoms with Crippen LogP contribution in [0, 0.1) is 0 Å². The number of anilines is 1. The number of nitrogens with two attached hydrogens (primary N) is 1. The van der Waals surface area contributed by atoms with Crippen LogP contribution in [-0.2, 0) is 11.2 Å². The van der Waals surface area contributed by atoms with Crippen LogP contribution in [0.1, 0.15) is 12.0 Å². The molecule has 0 aliphatic rings. The number of hydrogen-bond acceptors (Lipinski definition) is 4. The van der Waals surface area contributed by atoms with Crippen LogP contribution in [0.15, 0.2) is 48.8 Å². The number of ether oxygens (including phenoxy) is 1. The first-order valence-corrected chi connectivity index (χ1v) is 6.88. The van der Waals surface area contributed by atoms with Gasteiger partial charge in [-0.2, -0.15) is 0 Å². The van der Waals surface area contributed by atoms with Crippen LogP contribution in [0.25, 0.3) is 0 Å². The second-order valence-corrected chi connectivity index (χ2v) is 4.66. The molecule has 2 aromatic rings. The van der Waals surface area contributed by atoms with E-state index in [1.807, 2.05) is 30.3 Å². The van der Waals surface area contributed by atoms with Gasteiger partial charge in [0.05, 0.1) is 13.0 Å². The molecule has 110 valence electrons. The number of hydrogen-bond donors (Lipinski definition) is 2. The lowest BCUT2D eigenvalue weighted by Gasteiger charge is -2.08. The van der Waals surface area contributed by atoms with Gasteiger partial charge in [-0.15, -0.1) is 0 Å². The molecule has 0 spiro atoms. The summed E-state index contributed by atoms with van der Waals surface area (Å²) in [4.78, 5) is 15.6.